The minimum Gasteiger partial charge on any atom is -0.497 e. The van der Waals surface area contributed by atoms with E-state index in [1.807, 2.05) is 6.07 Å². The summed E-state index contributed by atoms with van der Waals surface area (Å²) in [5.74, 6) is -1.66. The van der Waals surface area contributed by atoms with Crippen molar-refractivity contribution in [2.45, 2.75) is 24.9 Å². The maximum atomic E-state index is 13.7. The number of fused-ring (bicyclic) bond motifs is 1. The lowest BCUT2D eigenvalue weighted by Crippen LogP contribution is -2.43. The molecule has 1 aliphatic carbocycles. The molecule has 1 atom stereocenters. The number of ether oxygens (including phenoxy) is 1. The molecular weight excluding hydrogens is 328 g/mol. The predicted molar refractivity (Wildman–Crippen MR) is 88.5 cm³/mol. The number of halogens is 2. The molecule has 1 aliphatic rings. The van der Waals surface area contributed by atoms with Gasteiger partial charge in [-0.2, -0.15) is 0 Å². The number of hydrogen-bond acceptors (Lipinski definition) is 3. The summed E-state index contributed by atoms with van der Waals surface area (Å²) in [6, 6.07) is 8.19. The van der Waals surface area contributed by atoms with Crippen LogP contribution in [-0.4, -0.2) is 24.7 Å². The van der Waals surface area contributed by atoms with Crippen LogP contribution in [0.1, 0.15) is 34.3 Å². The second kappa shape index (κ2) is 6.80. The summed E-state index contributed by atoms with van der Waals surface area (Å²) in [6.45, 7) is -0.0536. The average molecular weight is 347 g/mol. The highest BCUT2D eigenvalue weighted by Gasteiger charge is 2.35. The summed E-state index contributed by atoms with van der Waals surface area (Å²) in [6.07, 6.45) is 2.06. The van der Waals surface area contributed by atoms with Crippen molar-refractivity contribution >= 4 is 5.91 Å². The first-order valence-corrected chi connectivity index (χ1v) is 8.06. The van der Waals surface area contributed by atoms with Crippen molar-refractivity contribution in [3.63, 3.8) is 0 Å². The van der Waals surface area contributed by atoms with Gasteiger partial charge in [0.2, 0.25) is 0 Å². The second-order valence-corrected chi connectivity index (χ2v) is 6.22. The molecule has 0 spiro atoms. The van der Waals surface area contributed by atoms with Crippen LogP contribution in [0.4, 0.5) is 8.78 Å². The van der Waals surface area contributed by atoms with Gasteiger partial charge in [-0.05, 0) is 54.7 Å². The number of hydrogen-bond donors (Lipinski definition) is 2. The fourth-order valence-corrected chi connectivity index (χ4v) is 3.24. The average Bonchev–Trinajstić information content (AvgIpc) is 2.59. The number of methoxy groups -OCH3 is 1. The van der Waals surface area contributed by atoms with Crippen LogP contribution in [0.2, 0.25) is 0 Å². The molecule has 0 saturated heterocycles. The minimum absolute atomic E-state index is 0.0536. The highest BCUT2D eigenvalue weighted by molar-refractivity contribution is 5.94. The molecule has 0 saturated carbocycles. The Balaban J connectivity index is 1.78. The molecular formula is C19H19F2NO3. The fraction of sp³-hybridized carbons (Fsp3) is 0.316. The first-order chi connectivity index (χ1) is 11.9. The Kier molecular flexibility index (Phi) is 4.72. The highest BCUT2D eigenvalue weighted by Crippen LogP contribution is 2.36. The Hall–Kier alpha value is -2.47. The summed E-state index contributed by atoms with van der Waals surface area (Å²) in [4.78, 5) is 12.2. The van der Waals surface area contributed by atoms with Crippen molar-refractivity contribution in [3.05, 3.63) is 64.7 Å². The van der Waals surface area contributed by atoms with Crippen molar-refractivity contribution in [3.8, 4) is 5.75 Å². The molecule has 6 heteroatoms. The molecule has 4 nitrogen and oxygen atoms in total. The molecule has 25 heavy (non-hydrogen) atoms. The molecule has 2 aromatic rings. The zero-order chi connectivity index (χ0) is 18.0. The van der Waals surface area contributed by atoms with Crippen molar-refractivity contribution < 1.29 is 23.4 Å². The molecule has 0 unspecified atom stereocenters. The van der Waals surface area contributed by atoms with E-state index in [1.54, 1.807) is 19.2 Å². The summed E-state index contributed by atoms with van der Waals surface area (Å²) in [5.41, 5.74) is 0.219. The molecule has 0 heterocycles. The van der Waals surface area contributed by atoms with Gasteiger partial charge in [-0.15, -0.1) is 0 Å². The summed E-state index contributed by atoms with van der Waals surface area (Å²) in [7, 11) is 1.58. The van der Waals surface area contributed by atoms with Gasteiger partial charge in [0.25, 0.3) is 5.91 Å². The van der Waals surface area contributed by atoms with E-state index in [9.17, 15) is 18.7 Å². The minimum atomic E-state index is -1.23. The van der Waals surface area contributed by atoms with E-state index in [4.69, 9.17) is 4.74 Å². The molecule has 2 N–H and O–H groups in total. The third kappa shape index (κ3) is 3.49. The number of carbonyl (C=O) groups excluding carboxylic acids is 1. The maximum absolute atomic E-state index is 13.7. The Morgan fingerprint density at radius 2 is 2.08 bits per heavy atom. The monoisotopic (exact) mass is 347 g/mol. The summed E-state index contributed by atoms with van der Waals surface area (Å²) >= 11 is 0. The first-order valence-electron chi connectivity index (χ1n) is 8.06. The molecule has 0 fully saturated rings. The van der Waals surface area contributed by atoms with E-state index >= 15 is 0 Å². The first kappa shape index (κ1) is 17.4. The third-order valence-corrected chi connectivity index (χ3v) is 4.57. The van der Waals surface area contributed by atoms with Crippen LogP contribution >= 0.6 is 0 Å². The quantitative estimate of drug-likeness (QED) is 0.894. The van der Waals surface area contributed by atoms with Crippen LogP contribution in [-0.2, 0) is 12.0 Å². The van der Waals surface area contributed by atoms with Crippen molar-refractivity contribution in [1.82, 2.24) is 5.32 Å². The van der Waals surface area contributed by atoms with Crippen LogP contribution in [0, 0.1) is 11.6 Å². The Labute approximate surface area is 144 Å². The van der Waals surface area contributed by atoms with Gasteiger partial charge in [0, 0.05) is 6.07 Å². The summed E-state index contributed by atoms with van der Waals surface area (Å²) < 4.78 is 31.9. The topological polar surface area (TPSA) is 58.6 Å². The van der Waals surface area contributed by atoms with E-state index in [0.29, 0.717) is 18.2 Å². The fourth-order valence-electron chi connectivity index (χ4n) is 3.24. The largest absolute Gasteiger partial charge is 0.497 e. The third-order valence-electron chi connectivity index (χ3n) is 4.57. The van der Waals surface area contributed by atoms with E-state index in [-0.39, 0.29) is 12.1 Å². The standard InChI is InChI=1S/C19H19F2NO3/c1-25-14-5-7-16-12(9-14)3-2-8-19(16,24)11-22-18(23)15-6-4-13(20)10-17(15)21/h4-7,9-10,24H,2-3,8,11H2,1H3,(H,22,23)/t19-/m1/s1. The molecule has 0 radical (unpaired) electrons. The Morgan fingerprint density at radius 1 is 1.28 bits per heavy atom. The summed E-state index contributed by atoms with van der Waals surface area (Å²) in [5, 5.41) is 13.5. The van der Waals surface area contributed by atoms with Gasteiger partial charge in [-0.1, -0.05) is 6.07 Å². The van der Waals surface area contributed by atoms with Gasteiger partial charge < -0.3 is 15.2 Å². The van der Waals surface area contributed by atoms with Gasteiger partial charge in [0.05, 0.1) is 19.2 Å². The smallest absolute Gasteiger partial charge is 0.254 e. The van der Waals surface area contributed by atoms with Crippen molar-refractivity contribution in [2.75, 3.05) is 13.7 Å². The second-order valence-electron chi connectivity index (χ2n) is 6.22. The Morgan fingerprint density at radius 3 is 2.80 bits per heavy atom. The number of carbonyl (C=O) groups is 1. The lowest BCUT2D eigenvalue weighted by molar-refractivity contribution is 0.0188. The number of rotatable bonds is 4. The number of amides is 1. The molecule has 2 aromatic carbocycles. The van der Waals surface area contributed by atoms with E-state index in [1.165, 1.54) is 0 Å². The van der Waals surface area contributed by atoms with Crippen molar-refractivity contribution in [2.24, 2.45) is 0 Å². The highest BCUT2D eigenvalue weighted by atomic mass is 19.1. The number of aliphatic hydroxyl groups is 1. The van der Waals surface area contributed by atoms with E-state index < -0.39 is 23.1 Å². The number of nitrogens with one attached hydrogen (secondary N) is 1. The Bertz CT molecular complexity index is 809. The van der Waals surface area contributed by atoms with Crippen LogP contribution in [0.15, 0.2) is 36.4 Å². The molecule has 1 amide bonds. The molecule has 3 rings (SSSR count). The number of aryl methyl sites for hydroxylation is 1. The number of benzene rings is 2. The van der Waals surface area contributed by atoms with Gasteiger partial charge in [-0.25, -0.2) is 8.78 Å². The van der Waals surface area contributed by atoms with Crippen LogP contribution in [0.5, 0.6) is 5.75 Å². The SMILES string of the molecule is COc1ccc2c(c1)CCC[C@@]2(O)CNC(=O)c1ccc(F)cc1F. The van der Waals surface area contributed by atoms with Crippen LogP contribution < -0.4 is 10.1 Å². The van der Waals surface area contributed by atoms with Gasteiger partial charge in [0.1, 0.15) is 23.0 Å². The van der Waals surface area contributed by atoms with Gasteiger partial charge in [-0.3, -0.25) is 4.79 Å². The maximum Gasteiger partial charge on any atom is 0.254 e. The lowest BCUT2D eigenvalue weighted by Gasteiger charge is -2.35. The van der Waals surface area contributed by atoms with E-state index in [0.717, 1.165) is 36.1 Å². The zero-order valence-corrected chi connectivity index (χ0v) is 13.8. The lowest BCUT2D eigenvalue weighted by atomic mass is 9.79. The van der Waals surface area contributed by atoms with Gasteiger partial charge >= 0.3 is 0 Å². The predicted octanol–water partition coefficient (Wildman–Crippen LogP) is 2.93. The van der Waals surface area contributed by atoms with Crippen LogP contribution in [0.25, 0.3) is 0 Å². The molecule has 0 aromatic heterocycles. The molecule has 132 valence electrons. The molecule has 0 aliphatic heterocycles. The normalized spacial score (nSPS) is 19.2. The molecule has 0 bridgehead atoms. The van der Waals surface area contributed by atoms with Gasteiger partial charge in [0.15, 0.2) is 0 Å². The van der Waals surface area contributed by atoms with Crippen LogP contribution in [0.3, 0.4) is 0 Å². The van der Waals surface area contributed by atoms with E-state index in [2.05, 4.69) is 5.32 Å². The zero-order valence-electron chi connectivity index (χ0n) is 13.8. The van der Waals surface area contributed by atoms with Crippen molar-refractivity contribution in [1.29, 1.82) is 0 Å².